The molecule has 0 unspecified atom stereocenters. The Morgan fingerprint density at radius 1 is 1.50 bits per heavy atom. The Kier molecular flexibility index (Phi) is 3.54. The van der Waals surface area contributed by atoms with Crippen molar-refractivity contribution in [3.8, 4) is 6.07 Å². The van der Waals surface area contributed by atoms with Crippen LogP contribution in [0.1, 0.15) is 30.4 Å². The SMILES string of the molecule is Cc1c(N2C[C@@]3(CCC[C@@H]3O)N(C)C2=O)ccc(C#N)c1Cl. The van der Waals surface area contributed by atoms with Gasteiger partial charge in [-0.15, -0.1) is 0 Å². The van der Waals surface area contributed by atoms with Gasteiger partial charge in [0, 0.05) is 12.7 Å². The molecule has 1 aromatic rings. The lowest BCUT2D eigenvalue weighted by atomic mass is 9.94. The summed E-state index contributed by atoms with van der Waals surface area (Å²) in [5.41, 5.74) is 1.31. The van der Waals surface area contributed by atoms with Crippen molar-refractivity contribution in [1.82, 2.24) is 4.90 Å². The molecule has 0 aromatic heterocycles. The van der Waals surface area contributed by atoms with Crippen molar-refractivity contribution in [3.05, 3.63) is 28.3 Å². The number of nitrogens with zero attached hydrogens (tertiary/aromatic N) is 3. The molecule has 116 valence electrons. The zero-order valence-electron chi connectivity index (χ0n) is 12.6. The van der Waals surface area contributed by atoms with Crippen molar-refractivity contribution in [2.24, 2.45) is 0 Å². The maximum atomic E-state index is 12.7. The molecule has 6 heteroatoms. The summed E-state index contributed by atoms with van der Waals surface area (Å²) in [4.78, 5) is 16.0. The zero-order valence-corrected chi connectivity index (χ0v) is 13.4. The minimum Gasteiger partial charge on any atom is -0.391 e. The average molecular weight is 320 g/mol. The predicted molar refractivity (Wildman–Crippen MR) is 84.0 cm³/mol. The highest BCUT2D eigenvalue weighted by atomic mass is 35.5. The number of likely N-dealkylation sites (N-methyl/N-ethyl adjacent to an activating group) is 1. The molecule has 1 N–H and O–H groups in total. The molecular weight excluding hydrogens is 302 g/mol. The van der Waals surface area contributed by atoms with Crippen LogP contribution in [0.15, 0.2) is 12.1 Å². The van der Waals surface area contributed by atoms with Gasteiger partial charge in [0.2, 0.25) is 0 Å². The molecule has 0 radical (unpaired) electrons. The second-order valence-electron chi connectivity index (χ2n) is 6.12. The lowest BCUT2D eigenvalue weighted by Gasteiger charge is -2.33. The third kappa shape index (κ3) is 1.91. The van der Waals surface area contributed by atoms with Crippen LogP contribution < -0.4 is 4.90 Å². The van der Waals surface area contributed by atoms with Crippen LogP contribution in [0.5, 0.6) is 0 Å². The van der Waals surface area contributed by atoms with Gasteiger partial charge in [-0.05, 0) is 43.9 Å². The summed E-state index contributed by atoms with van der Waals surface area (Å²) >= 11 is 6.22. The summed E-state index contributed by atoms with van der Waals surface area (Å²) in [6.45, 7) is 2.26. The van der Waals surface area contributed by atoms with E-state index in [1.54, 1.807) is 29.0 Å². The first-order valence-electron chi connectivity index (χ1n) is 7.35. The largest absolute Gasteiger partial charge is 0.391 e. The van der Waals surface area contributed by atoms with Gasteiger partial charge in [0.15, 0.2) is 0 Å². The average Bonchev–Trinajstić information content (AvgIpc) is 2.99. The summed E-state index contributed by atoms with van der Waals surface area (Å²) in [6.07, 6.45) is 1.94. The molecule has 5 nitrogen and oxygen atoms in total. The number of hydrogen-bond donors (Lipinski definition) is 1. The van der Waals surface area contributed by atoms with E-state index < -0.39 is 11.6 Å². The van der Waals surface area contributed by atoms with Crippen LogP contribution in [0.25, 0.3) is 0 Å². The first-order valence-corrected chi connectivity index (χ1v) is 7.73. The summed E-state index contributed by atoms with van der Waals surface area (Å²) in [7, 11) is 1.75. The Morgan fingerprint density at radius 3 is 2.82 bits per heavy atom. The number of nitriles is 1. The Labute approximate surface area is 134 Å². The number of rotatable bonds is 1. The van der Waals surface area contributed by atoms with Crippen LogP contribution in [-0.2, 0) is 0 Å². The summed E-state index contributed by atoms with van der Waals surface area (Å²) in [6, 6.07) is 5.30. The van der Waals surface area contributed by atoms with Gasteiger partial charge in [-0.1, -0.05) is 11.6 Å². The van der Waals surface area contributed by atoms with Crippen molar-refractivity contribution in [3.63, 3.8) is 0 Å². The maximum Gasteiger partial charge on any atom is 0.324 e. The van der Waals surface area contributed by atoms with E-state index in [9.17, 15) is 9.90 Å². The lowest BCUT2D eigenvalue weighted by molar-refractivity contribution is 0.0495. The molecule has 1 spiro atoms. The number of urea groups is 1. The van der Waals surface area contributed by atoms with E-state index in [0.29, 0.717) is 28.4 Å². The van der Waals surface area contributed by atoms with Crippen LogP contribution in [-0.4, -0.2) is 41.3 Å². The van der Waals surface area contributed by atoms with Crippen LogP contribution in [0.4, 0.5) is 10.5 Å². The normalized spacial score (nSPS) is 27.8. The molecule has 3 rings (SSSR count). The van der Waals surface area contributed by atoms with Gasteiger partial charge in [-0.3, -0.25) is 4.90 Å². The Bertz CT molecular complexity index is 685. The number of aliphatic hydroxyl groups excluding tert-OH is 1. The third-order valence-electron chi connectivity index (χ3n) is 5.09. The minimum absolute atomic E-state index is 0.134. The second kappa shape index (κ2) is 5.15. The lowest BCUT2D eigenvalue weighted by Crippen LogP contribution is -2.50. The number of amides is 2. The Hall–Kier alpha value is -1.77. The summed E-state index contributed by atoms with van der Waals surface area (Å²) in [5, 5.41) is 19.8. The summed E-state index contributed by atoms with van der Waals surface area (Å²) < 4.78 is 0. The number of hydrogen-bond acceptors (Lipinski definition) is 3. The summed E-state index contributed by atoms with van der Waals surface area (Å²) in [5.74, 6) is 0. The van der Waals surface area contributed by atoms with Gasteiger partial charge in [0.25, 0.3) is 0 Å². The van der Waals surface area contributed by atoms with Crippen LogP contribution in [0.2, 0.25) is 5.02 Å². The van der Waals surface area contributed by atoms with Gasteiger partial charge in [-0.25, -0.2) is 4.79 Å². The highest BCUT2D eigenvalue weighted by Crippen LogP contribution is 2.43. The first kappa shape index (κ1) is 15.1. The monoisotopic (exact) mass is 319 g/mol. The van der Waals surface area contributed by atoms with Gasteiger partial charge in [-0.2, -0.15) is 5.26 Å². The van der Waals surface area contributed by atoms with E-state index in [-0.39, 0.29) is 6.03 Å². The van der Waals surface area contributed by atoms with Gasteiger partial charge < -0.3 is 10.0 Å². The fourth-order valence-corrected chi connectivity index (χ4v) is 3.88. The number of anilines is 1. The number of halogens is 1. The van der Waals surface area contributed by atoms with E-state index in [0.717, 1.165) is 19.3 Å². The fraction of sp³-hybridized carbons (Fsp3) is 0.500. The molecule has 1 aromatic carbocycles. The smallest absolute Gasteiger partial charge is 0.324 e. The van der Waals surface area contributed by atoms with Crippen LogP contribution in [0.3, 0.4) is 0 Å². The second-order valence-corrected chi connectivity index (χ2v) is 6.50. The van der Waals surface area contributed by atoms with E-state index in [1.807, 2.05) is 13.0 Å². The van der Waals surface area contributed by atoms with Crippen LogP contribution >= 0.6 is 11.6 Å². The number of carbonyl (C=O) groups excluding carboxylic acids is 1. The van der Waals surface area contributed by atoms with Crippen molar-refractivity contribution >= 4 is 23.3 Å². The van der Waals surface area contributed by atoms with Gasteiger partial charge in [0.1, 0.15) is 6.07 Å². The molecule has 1 heterocycles. The molecule has 2 amide bonds. The molecule has 1 saturated carbocycles. The molecule has 2 fully saturated rings. The molecule has 0 bridgehead atoms. The zero-order chi connectivity index (χ0) is 16.1. The fourth-order valence-electron chi connectivity index (χ4n) is 3.67. The predicted octanol–water partition coefficient (Wildman–Crippen LogP) is 2.68. The van der Waals surface area contributed by atoms with Crippen molar-refractivity contribution in [1.29, 1.82) is 5.26 Å². The molecule has 2 aliphatic rings. The van der Waals surface area contributed by atoms with Crippen molar-refractivity contribution in [2.45, 2.75) is 37.8 Å². The number of benzene rings is 1. The number of carbonyl (C=O) groups is 1. The highest BCUT2D eigenvalue weighted by molar-refractivity contribution is 6.33. The molecule has 1 saturated heterocycles. The number of aliphatic hydroxyl groups is 1. The minimum atomic E-state index is -0.510. The van der Waals surface area contributed by atoms with Crippen LogP contribution in [0, 0.1) is 18.3 Å². The highest BCUT2D eigenvalue weighted by Gasteiger charge is 2.54. The van der Waals surface area contributed by atoms with E-state index in [4.69, 9.17) is 16.9 Å². The molecule has 22 heavy (non-hydrogen) atoms. The Balaban J connectivity index is 2.02. The van der Waals surface area contributed by atoms with Gasteiger partial charge in [0.05, 0.1) is 28.8 Å². The van der Waals surface area contributed by atoms with E-state index >= 15 is 0 Å². The maximum absolute atomic E-state index is 12.7. The topological polar surface area (TPSA) is 67.6 Å². The quantitative estimate of drug-likeness (QED) is 0.865. The van der Waals surface area contributed by atoms with E-state index in [2.05, 4.69) is 0 Å². The molecule has 2 atom stereocenters. The van der Waals surface area contributed by atoms with Crippen molar-refractivity contribution < 1.29 is 9.90 Å². The molecular formula is C16H18ClN3O2. The molecule has 1 aliphatic carbocycles. The Morgan fingerprint density at radius 2 is 2.23 bits per heavy atom. The van der Waals surface area contributed by atoms with Gasteiger partial charge >= 0.3 is 6.03 Å². The first-order chi connectivity index (χ1) is 10.4. The van der Waals surface area contributed by atoms with Crippen molar-refractivity contribution in [2.75, 3.05) is 18.5 Å². The molecule has 1 aliphatic heterocycles. The third-order valence-corrected chi connectivity index (χ3v) is 5.58. The standard InChI is InChI=1S/C16H18ClN3O2/c1-10-12(6-5-11(8-18)14(10)17)20-9-16(19(2)15(20)22)7-3-4-13(16)21/h5-6,13,21H,3-4,7,9H2,1-2H3/t13-,16+/m0/s1. The van der Waals surface area contributed by atoms with E-state index in [1.165, 1.54) is 0 Å².